The van der Waals surface area contributed by atoms with Crippen molar-refractivity contribution in [3.8, 4) is 0 Å². The van der Waals surface area contributed by atoms with Crippen molar-refractivity contribution in [1.29, 1.82) is 0 Å². The number of halogens is 3. The van der Waals surface area contributed by atoms with Crippen LogP contribution in [0.5, 0.6) is 0 Å². The maximum Gasteiger partial charge on any atom is 0.340 e. The van der Waals surface area contributed by atoms with Gasteiger partial charge in [-0.1, -0.05) is 23.2 Å². The average molecular weight is 299 g/mol. The Kier molecular flexibility index (Phi) is 3.64. The SMILES string of the molecule is COC(=O)c1c(Cl)cc(Br)c(N)c1Cl. The molecule has 0 radical (unpaired) electrons. The Balaban J connectivity index is 3.44. The van der Waals surface area contributed by atoms with E-state index in [0.29, 0.717) is 4.47 Å². The zero-order valence-corrected chi connectivity index (χ0v) is 10.2. The fourth-order valence-electron chi connectivity index (χ4n) is 0.895. The predicted molar refractivity (Wildman–Crippen MR) is 59.9 cm³/mol. The minimum atomic E-state index is -0.612. The molecule has 0 spiro atoms. The number of benzene rings is 1. The van der Waals surface area contributed by atoms with Gasteiger partial charge in [-0.15, -0.1) is 0 Å². The Morgan fingerprint density at radius 2 is 2.14 bits per heavy atom. The fraction of sp³-hybridized carbons (Fsp3) is 0.125. The van der Waals surface area contributed by atoms with Gasteiger partial charge in [0.25, 0.3) is 0 Å². The largest absolute Gasteiger partial charge is 0.465 e. The summed E-state index contributed by atoms with van der Waals surface area (Å²) in [6.07, 6.45) is 0. The van der Waals surface area contributed by atoms with E-state index in [1.165, 1.54) is 13.2 Å². The topological polar surface area (TPSA) is 52.3 Å². The first-order chi connectivity index (χ1) is 6.49. The summed E-state index contributed by atoms with van der Waals surface area (Å²) in [5.41, 5.74) is 5.94. The van der Waals surface area contributed by atoms with Gasteiger partial charge in [-0.3, -0.25) is 0 Å². The van der Waals surface area contributed by atoms with Crippen LogP contribution in [-0.2, 0) is 4.74 Å². The standard InChI is InChI=1S/C8H6BrCl2NO2/c1-14-8(13)5-4(10)2-3(9)7(12)6(5)11/h2H,12H2,1H3. The molecule has 0 saturated carbocycles. The number of ether oxygens (including phenoxy) is 1. The van der Waals surface area contributed by atoms with Crippen molar-refractivity contribution in [2.24, 2.45) is 0 Å². The highest BCUT2D eigenvalue weighted by Crippen LogP contribution is 2.36. The van der Waals surface area contributed by atoms with Gasteiger partial charge in [-0.05, 0) is 22.0 Å². The third-order valence-electron chi connectivity index (χ3n) is 1.60. The summed E-state index contributed by atoms with van der Waals surface area (Å²) in [5, 5.41) is 0.291. The molecule has 0 saturated heterocycles. The van der Waals surface area contributed by atoms with E-state index in [1.54, 1.807) is 0 Å². The molecule has 1 aromatic rings. The van der Waals surface area contributed by atoms with Crippen molar-refractivity contribution in [3.05, 3.63) is 26.1 Å². The molecular formula is C8H6BrCl2NO2. The number of hydrogen-bond donors (Lipinski definition) is 1. The Morgan fingerprint density at radius 1 is 1.57 bits per heavy atom. The minimum Gasteiger partial charge on any atom is -0.465 e. The third kappa shape index (κ3) is 1.97. The molecule has 0 heterocycles. The lowest BCUT2D eigenvalue weighted by Crippen LogP contribution is -2.05. The van der Waals surface area contributed by atoms with Crippen LogP contribution >= 0.6 is 39.1 Å². The molecule has 0 aliphatic heterocycles. The molecule has 1 rings (SSSR count). The van der Waals surface area contributed by atoms with Gasteiger partial charge in [0.2, 0.25) is 0 Å². The lowest BCUT2D eigenvalue weighted by Gasteiger charge is -2.08. The van der Waals surface area contributed by atoms with Gasteiger partial charge in [0.1, 0.15) is 0 Å². The van der Waals surface area contributed by atoms with Crippen molar-refractivity contribution in [2.75, 3.05) is 12.8 Å². The zero-order chi connectivity index (χ0) is 10.9. The summed E-state index contributed by atoms with van der Waals surface area (Å²) in [4.78, 5) is 11.3. The molecular weight excluding hydrogens is 293 g/mol. The summed E-state index contributed by atoms with van der Waals surface area (Å²) in [7, 11) is 1.24. The highest BCUT2D eigenvalue weighted by molar-refractivity contribution is 9.10. The number of methoxy groups -OCH3 is 1. The number of nitrogen functional groups attached to an aromatic ring is 1. The van der Waals surface area contributed by atoms with Crippen molar-refractivity contribution in [1.82, 2.24) is 0 Å². The number of carbonyl (C=O) groups excluding carboxylic acids is 1. The number of anilines is 1. The first-order valence-electron chi connectivity index (χ1n) is 3.50. The first-order valence-corrected chi connectivity index (χ1v) is 5.05. The van der Waals surface area contributed by atoms with Gasteiger partial charge in [-0.2, -0.15) is 0 Å². The molecule has 14 heavy (non-hydrogen) atoms. The molecule has 0 fully saturated rings. The van der Waals surface area contributed by atoms with Crippen LogP contribution in [0.4, 0.5) is 5.69 Å². The molecule has 0 aromatic heterocycles. The van der Waals surface area contributed by atoms with Crippen LogP contribution in [0.25, 0.3) is 0 Å². The molecule has 0 unspecified atom stereocenters. The number of esters is 1. The van der Waals surface area contributed by atoms with E-state index in [-0.39, 0.29) is 21.3 Å². The molecule has 0 aliphatic carbocycles. The fourth-order valence-corrected chi connectivity index (χ4v) is 2.18. The predicted octanol–water partition coefficient (Wildman–Crippen LogP) is 3.12. The Hall–Kier alpha value is -0.450. The normalized spacial score (nSPS) is 10.0. The summed E-state index contributed by atoms with van der Waals surface area (Å²) >= 11 is 14.8. The van der Waals surface area contributed by atoms with Crippen LogP contribution in [0.3, 0.4) is 0 Å². The zero-order valence-electron chi connectivity index (χ0n) is 7.11. The molecule has 2 N–H and O–H groups in total. The summed E-state index contributed by atoms with van der Waals surface area (Å²) in [6, 6.07) is 1.50. The number of rotatable bonds is 1. The van der Waals surface area contributed by atoms with E-state index in [9.17, 15) is 4.79 Å². The maximum atomic E-state index is 11.3. The molecule has 6 heteroatoms. The lowest BCUT2D eigenvalue weighted by atomic mass is 10.2. The maximum absolute atomic E-state index is 11.3. The quantitative estimate of drug-likeness (QED) is 0.640. The van der Waals surface area contributed by atoms with Gasteiger partial charge in [-0.25, -0.2) is 4.79 Å². The molecule has 0 amide bonds. The summed E-state index contributed by atoms with van der Waals surface area (Å²) in [6.45, 7) is 0. The number of hydrogen-bond acceptors (Lipinski definition) is 3. The Morgan fingerprint density at radius 3 is 2.64 bits per heavy atom. The second-order valence-corrected chi connectivity index (χ2v) is 4.07. The van der Waals surface area contributed by atoms with Crippen LogP contribution < -0.4 is 5.73 Å². The van der Waals surface area contributed by atoms with E-state index in [1.807, 2.05) is 0 Å². The van der Waals surface area contributed by atoms with E-state index in [0.717, 1.165) is 0 Å². The molecule has 0 aliphatic rings. The van der Waals surface area contributed by atoms with Gasteiger partial charge < -0.3 is 10.5 Å². The van der Waals surface area contributed by atoms with E-state index < -0.39 is 5.97 Å². The van der Waals surface area contributed by atoms with Crippen LogP contribution in [0, 0.1) is 0 Å². The number of carbonyl (C=O) groups is 1. The smallest absolute Gasteiger partial charge is 0.340 e. The van der Waals surface area contributed by atoms with Gasteiger partial charge >= 0.3 is 5.97 Å². The summed E-state index contributed by atoms with van der Waals surface area (Å²) in [5.74, 6) is -0.612. The molecule has 1 aromatic carbocycles. The highest BCUT2D eigenvalue weighted by Gasteiger charge is 2.19. The van der Waals surface area contributed by atoms with Gasteiger partial charge in [0.05, 0.1) is 28.4 Å². The molecule has 3 nitrogen and oxygen atoms in total. The Bertz CT molecular complexity index is 395. The van der Waals surface area contributed by atoms with Crippen molar-refractivity contribution in [3.63, 3.8) is 0 Å². The van der Waals surface area contributed by atoms with Crippen molar-refractivity contribution >= 4 is 50.8 Å². The van der Waals surface area contributed by atoms with Crippen LogP contribution in [0.15, 0.2) is 10.5 Å². The second kappa shape index (κ2) is 4.38. The van der Waals surface area contributed by atoms with Crippen molar-refractivity contribution < 1.29 is 9.53 Å². The third-order valence-corrected chi connectivity index (χ3v) is 2.94. The van der Waals surface area contributed by atoms with E-state index in [2.05, 4.69) is 20.7 Å². The second-order valence-electron chi connectivity index (χ2n) is 2.43. The molecule has 0 bridgehead atoms. The van der Waals surface area contributed by atoms with Crippen LogP contribution in [-0.4, -0.2) is 13.1 Å². The number of nitrogens with two attached hydrogens (primary N) is 1. The van der Waals surface area contributed by atoms with E-state index in [4.69, 9.17) is 28.9 Å². The first kappa shape index (κ1) is 11.6. The van der Waals surface area contributed by atoms with E-state index >= 15 is 0 Å². The van der Waals surface area contributed by atoms with Crippen LogP contribution in [0.1, 0.15) is 10.4 Å². The van der Waals surface area contributed by atoms with Gasteiger partial charge in [0, 0.05) is 4.47 Å². The molecule has 0 atom stereocenters. The highest BCUT2D eigenvalue weighted by atomic mass is 79.9. The summed E-state index contributed by atoms with van der Waals surface area (Å²) < 4.78 is 5.06. The van der Waals surface area contributed by atoms with Crippen molar-refractivity contribution in [2.45, 2.75) is 0 Å². The lowest BCUT2D eigenvalue weighted by molar-refractivity contribution is 0.0601. The average Bonchev–Trinajstić information content (AvgIpc) is 2.14. The monoisotopic (exact) mass is 297 g/mol. The van der Waals surface area contributed by atoms with Crippen LogP contribution in [0.2, 0.25) is 10.0 Å². The minimum absolute atomic E-state index is 0.0801. The van der Waals surface area contributed by atoms with Gasteiger partial charge in [0.15, 0.2) is 0 Å². The molecule has 76 valence electrons. The Labute approximate surface area is 99.3 Å².